The summed E-state index contributed by atoms with van der Waals surface area (Å²) in [6.45, 7) is 6.47. The Labute approximate surface area is 105 Å². The highest BCUT2D eigenvalue weighted by molar-refractivity contribution is 9.10. The second-order valence-corrected chi connectivity index (χ2v) is 5.20. The minimum atomic E-state index is 0.194. The van der Waals surface area contributed by atoms with Crippen molar-refractivity contribution in [1.29, 1.82) is 0 Å². The monoisotopic (exact) mass is 286 g/mol. The lowest BCUT2D eigenvalue weighted by atomic mass is 10.0. The molecule has 0 spiro atoms. The molecule has 1 atom stereocenters. The minimum absolute atomic E-state index is 0.194. The van der Waals surface area contributed by atoms with Gasteiger partial charge in [0.25, 0.3) is 0 Å². The zero-order chi connectivity index (χ0) is 12.1. The van der Waals surface area contributed by atoms with Gasteiger partial charge in [0.05, 0.1) is 4.47 Å². The van der Waals surface area contributed by atoms with Crippen LogP contribution in [0.1, 0.15) is 25.8 Å². The molecule has 0 saturated heterocycles. The van der Waals surface area contributed by atoms with Gasteiger partial charge in [-0.25, -0.2) is 4.98 Å². The molecule has 0 aromatic carbocycles. The molecular formula is C12H19BrN2O. The first-order valence-corrected chi connectivity index (χ1v) is 6.33. The number of aryl methyl sites for hydroxylation is 1. The van der Waals surface area contributed by atoms with Crippen LogP contribution in [0.2, 0.25) is 0 Å². The zero-order valence-electron chi connectivity index (χ0n) is 10.00. The molecule has 1 aromatic heterocycles. The zero-order valence-corrected chi connectivity index (χ0v) is 11.6. The predicted octanol–water partition coefficient (Wildman–Crippen LogP) is 2.97. The van der Waals surface area contributed by atoms with Gasteiger partial charge in [0, 0.05) is 18.8 Å². The van der Waals surface area contributed by atoms with E-state index in [0.717, 1.165) is 22.3 Å². The summed E-state index contributed by atoms with van der Waals surface area (Å²) in [5.74, 6) is 1.31. The van der Waals surface area contributed by atoms with Crippen LogP contribution in [0.3, 0.4) is 0 Å². The summed E-state index contributed by atoms with van der Waals surface area (Å²) in [6.07, 6.45) is 2.57. The number of rotatable bonds is 5. The molecule has 4 heteroatoms. The number of halogens is 1. The Balaban J connectivity index is 2.77. The number of aliphatic hydroxyl groups excluding tert-OH is 1. The van der Waals surface area contributed by atoms with E-state index in [1.54, 1.807) is 0 Å². The van der Waals surface area contributed by atoms with Crippen LogP contribution in [0.4, 0.5) is 5.82 Å². The van der Waals surface area contributed by atoms with Crippen molar-refractivity contribution in [3.8, 4) is 0 Å². The first-order chi connectivity index (χ1) is 7.54. The molecule has 0 aliphatic rings. The summed E-state index contributed by atoms with van der Waals surface area (Å²) in [6, 6.07) is 2.28. The number of hydrogen-bond donors (Lipinski definition) is 2. The van der Waals surface area contributed by atoms with Gasteiger partial charge in [-0.05, 0) is 46.8 Å². The smallest absolute Gasteiger partial charge is 0.140 e. The Morgan fingerprint density at radius 2 is 2.19 bits per heavy atom. The van der Waals surface area contributed by atoms with E-state index in [0.29, 0.717) is 5.92 Å². The topological polar surface area (TPSA) is 45.2 Å². The van der Waals surface area contributed by atoms with E-state index >= 15 is 0 Å². The van der Waals surface area contributed by atoms with Crippen LogP contribution in [0.15, 0.2) is 16.7 Å². The Kier molecular flexibility index (Phi) is 5.22. The highest BCUT2D eigenvalue weighted by atomic mass is 79.9. The second kappa shape index (κ2) is 6.21. The van der Waals surface area contributed by atoms with Crippen molar-refractivity contribution in [2.24, 2.45) is 5.92 Å². The van der Waals surface area contributed by atoms with Gasteiger partial charge in [-0.2, -0.15) is 0 Å². The first kappa shape index (κ1) is 13.5. The number of aromatic nitrogens is 1. The van der Waals surface area contributed by atoms with Crippen LogP contribution < -0.4 is 5.32 Å². The van der Waals surface area contributed by atoms with Gasteiger partial charge in [0.1, 0.15) is 5.82 Å². The van der Waals surface area contributed by atoms with E-state index in [9.17, 15) is 0 Å². The number of hydrogen-bond acceptors (Lipinski definition) is 3. The molecule has 1 aromatic rings. The molecule has 1 heterocycles. The van der Waals surface area contributed by atoms with E-state index in [1.807, 2.05) is 19.2 Å². The molecule has 3 nitrogen and oxygen atoms in total. The maximum atomic E-state index is 9.00. The maximum absolute atomic E-state index is 9.00. The normalized spacial score (nSPS) is 12.9. The van der Waals surface area contributed by atoms with Crippen LogP contribution in [-0.2, 0) is 0 Å². The average Bonchev–Trinajstić information content (AvgIpc) is 2.20. The molecule has 0 aliphatic carbocycles. The van der Waals surface area contributed by atoms with Gasteiger partial charge in [-0.3, -0.25) is 0 Å². The van der Waals surface area contributed by atoms with Crippen LogP contribution in [-0.4, -0.2) is 22.7 Å². The standard InChI is InChI=1S/C12H19BrN2O/c1-8(2)11(4-5-16)15-12-10(13)6-9(3)7-14-12/h6-8,11,16H,4-5H2,1-3H3,(H,14,15). The van der Waals surface area contributed by atoms with Gasteiger partial charge in [0.2, 0.25) is 0 Å². The van der Waals surface area contributed by atoms with E-state index < -0.39 is 0 Å². The summed E-state index contributed by atoms with van der Waals surface area (Å²) in [5, 5.41) is 12.4. The van der Waals surface area contributed by atoms with Crippen molar-refractivity contribution in [1.82, 2.24) is 4.98 Å². The third-order valence-electron chi connectivity index (χ3n) is 2.54. The number of anilines is 1. The van der Waals surface area contributed by atoms with Gasteiger partial charge >= 0.3 is 0 Å². The Hall–Kier alpha value is -0.610. The quantitative estimate of drug-likeness (QED) is 0.875. The largest absolute Gasteiger partial charge is 0.396 e. The summed E-state index contributed by atoms with van der Waals surface area (Å²) in [7, 11) is 0. The van der Waals surface area contributed by atoms with Gasteiger partial charge in [-0.1, -0.05) is 13.8 Å². The molecule has 0 radical (unpaired) electrons. The lowest BCUT2D eigenvalue weighted by Gasteiger charge is -2.22. The van der Waals surface area contributed by atoms with Gasteiger partial charge in [0.15, 0.2) is 0 Å². The number of aliphatic hydroxyl groups is 1. The van der Waals surface area contributed by atoms with E-state index in [1.165, 1.54) is 0 Å². The summed E-state index contributed by atoms with van der Waals surface area (Å²) < 4.78 is 0.969. The van der Waals surface area contributed by atoms with E-state index in [-0.39, 0.29) is 12.6 Å². The average molecular weight is 287 g/mol. The fraction of sp³-hybridized carbons (Fsp3) is 0.583. The summed E-state index contributed by atoms with van der Waals surface area (Å²) >= 11 is 3.49. The predicted molar refractivity (Wildman–Crippen MR) is 70.6 cm³/mol. The van der Waals surface area contributed by atoms with Crippen LogP contribution in [0.5, 0.6) is 0 Å². The molecule has 0 bridgehead atoms. The SMILES string of the molecule is Cc1cnc(NC(CCO)C(C)C)c(Br)c1. The lowest BCUT2D eigenvalue weighted by Crippen LogP contribution is -2.27. The molecule has 1 rings (SSSR count). The van der Waals surface area contributed by atoms with Gasteiger partial charge < -0.3 is 10.4 Å². The van der Waals surface area contributed by atoms with Crippen LogP contribution in [0.25, 0.3) is 0 Å². The third-order valence-corrected chi connectivity index (χ3v) is 3.15. The van der Waals surface area contributed by atoms with Crippen LogP contribution in [0, 0.1) is 12.8 Å². The number of pyridine rings is 1. The molecule has 0 fully saturated rings. The van der Waals surface area contributed by atoms with Gasteiger partial charge in [-0.15, -0.1) is 0 Å². The Bertz CT molecular complexity index is 342. The molecule has 0 amide bonds. The van der Waals surface area contributed by atoms with Crippen molar-refractivity contribution in [3.63, 3.8) is 0 Å². The van der Waals surface area contributed by atoms with E-state index in [4.69, 9.17) is 5.11 Å². The van der Waals surface area contributed by atoms with E-state index in [2.05, 4.69) is 40.1 Å². The Morgan fingerprint density at radius 3 is 2.69 bits per heavy atom. The molecule has 0 aliphatic heterocycles. The first-order valence-electron chi connectivity index (χ1n) is 5.54. The molecule has 90 valence electrons. The lowest BCUT2D eigenvalue weighted by molar-refractivity contribution is 0.267. The highest BCUT2D eigenvalue weighted by Crippen LogP contribution is 2.23. The maximum Gasteiger partial charge on any atom is 0.140 e. The van der Waals surface area contributed by atoms with Crippen molar-refractivity contribution in [3.05, 3.63) is 22.3 Å². The minimum Gasteiger partial charge on any atom is -0.396 e. The van der Waals surface area contributed by atoms with Crippen molar-refractivity contribution < 1.29 is 5.11 Å². The Morgan fingerprint density at radius 1 is 1.50 bits per heavy atom. The fourth-order valence-electron chi connectivity index (χ4n) is 1.53. The van der Waals surface area contributed by atoms with Crippen molar-refractivity contribution in [2.45, 2.75) is 33.2 Å². The fourth-order valence-corrected chi connectivity index (χ4v) is 2.10. The number of nitrogens with zero attached hydrogens (tertiary/aromatic N) is 1. The molecule has 0 saturated carbocycles. The molecule has 2 N–H and O–H groups in total. The summed E-state index contributed by atoms with van der Waals surface area (Å²) in [5.41, 5.74) is 1.13. The highest BCUT2D eigenvalue weighted by Gasteiger charge is 2.14. The second-order valence-electron chi connectivity index (χ2n) is 4.35. The summed E-state index contributed by atoms with van der Waals surface area (Å²) in [4.78, 5) is 4.34. The molecular weight excluding hydrogens is 268 g/mol. The van der Waals surface area contributed by atoms with Crippen molar-refractivity contribution in [2.75, 3.05) is 11.9 Å². The number of nitrogens with one attached hydrogen (secondary N) is 1. The third kappa shape index (κ3) is 3.76. The molecule has 1 unspecified atom stereocenters. The van der Waals surface area contributed by atoms with Crippen molar-refractivity contribution >= 4 is 21.7 Å². The molecule has 16 heavy (non-hydrogen) atoms. The van der Waals surface area contributed by atoms with Crippen LogP contribution >= 0.6 is 15.9 Å².